The zero-order valence-corrected chi connectivity index (χ0v) is 10.3. The fourth-order valence-corrected chi connectivity index (χ4v) is 2.98. The number of aromatic nitrogens is 2. The zero-order valence-electron chi connectivity index (χ0n) is 9.49. The van der Waals surface area contributed by atoms with Gasteiger partial charge in [-0.15, -0.1) is 0 Å². The van der Waals surface area contributed by atoms with Crippen LogP contribution in [-0.4, -0.2) is 27.3 Å². The van der Waals surface area contributed by atoms with Crippen LogP contribution < -0.4 is 5.32 Å². The van der Waals surface area contributed by atoms with Crippen molar-refractivity contribution in [2.24, 2.45) is 7.05 Å². The predicted octanol–water partition coefficient (Wildman–Crippen LogP) is 1.71. The minimum atomic E-state index is 0.714. The van der Waals surface area contributed by atoms with Crippen molar-refractivity contribution in [3.63, 3.8) is 0 Å². The molecule has 1 saturated heterocycles. The highest BCUT2D eigenvalue weighted by molar-refractivity contribution is 7.99. The lowest BCUT2D eigenvalue weighted by Gasteiger charge is -2.22. The number of nitrogens with one attached hydrogen (secondary N) is 1. The van der Waals surface area contributed by atoms with E-state index >= 15 is 0 Å². The molecule has 0 spiro atoms. The van der Waals surface area contributed by atoms with Gasteiger partial charge in [-0.2, -0.15) is 16.9 Å². The molecule has 4 heteroatoms. The van der Waals surface area contributed by atoms with Crippen LogP contribution >= 0.6 is 11.8 Å². The summed E-state index contributed by atoms with van der Waals surface area (Å²) in [5, 5.41) is 7.88. The molecule has 15 heavy (non-hydrogen) atoms. The highest BCUT2D eigenvalue weighted by Crippen LogP contribution is 2.17. The molecule has 0 unspecified atom stereocenters. The van der Waals surface area contributed by atoms with Crippen LogP contribution in [0.15, 0.2) is 6.20 Å². The van der Waals surface area contributed by atoms with Gasteiger partial charge in [-0.05, 0) is 31.3 Å². The fraction of sp³-hybridized carbons (Fsp3) is 0.727. The molecule has 1 aliphatic heterocycles. The maximum absolute atomic E-state index is 4.25. The molecular formula is C11H19N3S. The van der Waals surface area contributed by atoms with Crippen LogP contribution in [0.3, 0.4) is 0 Å². The first-order chi connectivity index (χ1) is 7.27. The number of nitrogens with zero attached hydrogens (tertiary/aromatic N) is 2. The minimum Gasteiger partial charge on any atom is -0.310 e. The van der Waals surface area contributed by atoms with Gasteiger partial charge in [0.25, 0.3) is 0 Å². The predicted molar refractivity (Wildman–Crippen MR) is 65.1 cm³/mol. The van der Waals surface area contributed by atoms with E-state index in [1.54, 1.807) is 0 Å². The van der Waals surface area contributed by atoms with Crippen LogP contribution in [-0.2, 0) is 13.6 Å². The van der Waals surface area contributed by atoms with E-state index in [1.807, 2.05) is 17.9 Å². The zero-order chi connectivity index (χ0) is 10.7. The Morgan fingerprint density at radius 2 is 2.27 bits per heavy atom. The molecule has 0 bridgehead atoms. The molecule has 84 valence electrons. The third kappa shape index (κ3) is 2.75. The third-order valence-electron chi connectivity index (χ3n) is 3.14. The summed E-state index contributed by atoms with van der Waals surface area (Å²) >= 11 is 2.07. The van der Waals surface area contributed by atoms with E-state index in [-0.39, 0.29) is 0 Å². The second-order valence-electron chi connectivity index (χ2n) is 4.15. The first kappa shape index (κ1) is 11.0. The van der Waals surface area contributed by atoms with Crippen molar-refractivity contribution >= 4 is 11.8 Å². The lowest BCUT2D eigenvalue weighted by atomic mass is 10.1. The molecule has 0 aliphatic carbocycles. The smallest absolute Gasteiger partial charge is 0.0537 e. The van der Waals surface area contributed by atoms with Gasteiger partial charge in [0.1, 0.15) is 0 Å². The third-order valence-corrected chi connectivity index (χ3v) is 4.19. The summed E-state index contributed by atoms with van der Waals surface area (Å²) in [5.41, 5.74) is 2.60. The summed E-state index contributed by atoms with van der Waals surface area (Å²) < 4.78 is 1.94. The molecule has 0 radical (unpaired) electrons. The molecule has 1 N–H and O–H groups in total. The summed E-state index contributed by atoms with van der Waals surface area (Å²) in [6.45, 7) is 3.09. The maximum Gasteiger partial charge on any atom is 0.0537 e. The Bertz CT molecular complexity index is 316. The standard InChI is InChI=1S/C11H19N3S/c1-9-10(8-13-14(9)2)7-12-11-3-5-15-6-4-11/h8,11-12H,3-7H2,1-2H3. The molecule has 2 rings (SSSR count). The number of thioether (sulfide) groups is 1. The monoisotopic (exact) mass is 225 g/mol. The van der Waals surface area contributed by atoms with E-state index in [0.717, 1.165) is 6.54 Å². The van der Waals surface area contributed by atoms with Crippen molar-refractivity contribution in [3.8, 4) is 0 Å². The van der Waals surface area contributed by atoms with Crippen LogP contribution in [0.5, 0.6) is 0 Å². The van der Waals surface area contributed by atoms with Crippen molar-refractivity contribution < 1.29 is 0 Å². The van der Waals surface area contributed by atoms with Crippen molar-refractivity contribution in [1.29, 1.82) is 0 Å². The largest absolute Gasteiger partial charge is 0.310 e. The van der Waals surface area contributed by atoms with E-state index in [0.29, 0.717) is 6.04 Å². The quantitative estimate of drug-likeness (QED) is 0.849. The summed E-state index contributed by atoms with van der Waals surface area (Å²) in [6.07, 6.45) is 4.59. The van der Waals surface area contributed by atoms with Gasteiger partial charge in [0.15, 0.2) is 0 Å². The van der Waals surface area contributed by atoms with Gasteiger partial charge in [-0.25, -0.2) is 0 Å². The number of hydrogen-bond acceptors (Lipinski definition) is 3. The Labute approximate surface area is 95.6 Å². The van der Waals surface area contributed by atoms with Crippen LogP contribution in [0.1, 0.15) is 24.1 Å². The van der Waals surface area contributed by atoms with Gasteiger partial charge in [0, 0.05) is 30.9 Å². The number of hydrogen-bond donors (Lipinski definition) is 1. The van der Waals surface area contributed by atoms with Gasteiger partial charge in [-0.1, -0.05) is 0 Å². The topological polar surface area (TPSA) is 29.9 Å². The molecule has 1 aliphatic rings. The van der Waals surface area contributed by atoms with E-state index < -0.39 is 0 Å². The second-order valence-corrected chi connectivity index (χ2v) is 5.37. The first-order valence-corrected chi connectivity index (χ1v) is 6.71. The Hall–Kier alpha value is -0.480. The minimum absolute atomic E-state index is 0.714. The van der Waals surface area contributed by atoms with Gasteiger partial charge in [-0.3, -0.25) is 4.68 Å². The van der Waals surface area contributed by atoms with Crippen LogP contribution in [0.25, 0.3) is 0 Å². The van der Waals surface area contributed by atoms with E-state index in [4.69, 9.17) is 0 Å². The molecule has 0 saturated carbocycles. The summed E-state index contributed by atoms with van der Waals surface area (Å²) in [7, 11) is 2.00. The normalized spacial score (nSPS) is 18.3. The Morgan fingerprint density at radius 1 is 1.53 bits per heavy atom. The van der Waals surface area contributed by atoms with Gasteiger partial charge >= 0.3 is 0 Å². The average Bonchev–Trinajstić information content (AvgIpc) is 2.59. The first-order valence-electron chi connectivity index (χ1n) is 5.56. The van der Waals surface area contributed by atoms with Gasteiger partial charge in [0.2, 0.25) is 0 Å². The van der Waals surface area contributed by atoms with Crippen molar-refractivity contribution in [3.05, 3.63) is 17.5 Å². The fourth-order valence-electron chi connectivity index (χ4n) is 1.87. The summed E-state index contributed by atoms with van der Waals surface area (Å²) in [4.78, 5) is 0. The lowest BCUT2D eigenvalue weighted by molar-refractivity contribution is 0.481. The van der Waals surface area contributed by atoms with Crippen molar-refractivity contribution in [2.45, 2.75) is 32.4 Å². The molecule has 2 heterocycles. The average molecular weight is 225 g/mol. The summed E-state index contributed by atoms with van der Waals surface area (Å²) in [6, 6.07) is 0.714. The van der Waals surface area contributed by atoms with Gasteiger partial charge in [0.05, 0.1) is 6.20 Å². The highest BCUT2D eigenvalue weighted by Gasteiger charge is 2.13. The Balaban J connectivity index is 1.84. The summed E-state index contributed by atoms with van der Waals surface area (Å²) in [5.74, 6) is 2.62. The second kappa shape index (κ2) is 5.03. The SMILES string of the molecule is Cc1c(CNC2CCSCC2)cnn1C. The highest BCUT2D eigenvalue weighted by atomic mass is 32.2. The van der Waals surface area contributed by atoms with Crippen LogP contribution in [0, 0.1) is 6.92 Å². The van der Waals surface area contributed by atoms with E-state index in [1.165, 1.54) is 35.6 Å². The molecule has 0 amide bonds. The molecule has 3 nitrogen and oxygen atoms in total. The van der Waals surface area contributed by atoms with E-state index in [9.17, 15) is 0 Å². The number of aryl methyl sites for hydroxylation is 1. The van der Waals surface area contributed by atoms with Crippen molar-refractivity contribution in [1.82, 2.24) is 15.1 Å². The number of rotatable bonds is 3. The van der Waals surface area contributed by atoms with E-state index in [2.05, 4.69) is 29.1 Å². The van der Waals surface area contributed by atoms with Crippen LogP contribution in [0.2, 0.25) is 0 Å². The maximum atomic E-state index is 4.25. The van der Waals surface area contributed by atoms with Gasteiger partial charge < -0.3 is 5.32 Å². The molecule has 1 fully saturated rings. The Morgan fingerprint density at radius 3 is 2.87 bits per heavy atom. The van der Waals surface area contributed by atoms with Crippen molar-refractivity contribution in [2.75, 3.05) is 11.5 Å². The van der Waals surface area contributed by atoms with Crippen LogP contribution in [0.4, 0.5) is 0 Å². The molecule has 0 atom stereocenters. The lowest BCUT2D eigenvalue weighted by Crippen LogP contribution is -2.32. The molecule has 1 aromatic rings. The molecular weight excluding hydrogens is 206 g/mol. The molecule has 1 aromatic heterocycles. The Kier molecular flexibility index (Phi) is 3.70. The molecule has 0 aromatic carbocycles.